The molecule has 0 aliphatic heterocycles. The normalized spacial score (nSPS) is 16.0. The van der Waals surface area contributed by atoms with Gasteiger partial charge in [-0.25, -0.2) is 0 Å². The van der Waals surface area contributed by atoms with Gasteiger partial charge in [-0.2, -0.15) is 0 Å². The van der Waals surface area contributed by atoms with Crippen molar-refractivity contribution >= 4 is 34.5 Å². The molecule has 3 heteroatoms. The van der Waals surface area contributed by atoms with E-state index in [4.69, 9.17) is 23.2 Å². The molecule has 0 bridgehead atoms. The van der Waals surface area contributed by atoms with Crippen LogP contribution in [0.5, 0.6) is 0 Å². The fraction of sp³-hybridized carbons (Fsp3) is 0.556. The van der Waals surface area contributed by atoms with Gasteiger partial charge in [0.15, 0.2) is 0 Å². The summed E-state index contributed by atoms with van der Waals surface area (Å²) >= 11 is 13.4. The van der Waals surface area contributed by atoms with E-state index < -0.39 is 0 Å². The highest BCUT2D eigenvalue weighted by molar-refractivity contribution is 7.16. The molecular formula is C9H12Cl2S. The van der Waals surface area contributed by atoms with Gasteiger partial charge in [0.05, 0.1) is 4.34 Å². The molecule has 0 saturated carbocycles. The first-order chi connectivity index (χ1) is 5.59. The van der Waals surface area contributed by atoms with Gasteiger partial charge in [-0.3, -0.25) is 0 Å². The van der Waals surface area contributed by atoms with Crippen LogP contribution in [0, 0.1) is 0 Å². The van der Waals surface area contributed by atoms with Crippen molar-refractivity contribution in [2.45, 2.75) is 31.6 Å². The summed E-state index contributed by atoms with van der Waals surface area (Å²) in [7, 11) is 0. The highest BCUT2D eigenvalue weighted by Gasteiger charge is 2.10. The summed E-state index contributed by atoms with van der Waals surface area (Å²) in [6, 6.07) is 4.02. The molecule has 12 heavy (non-hydrogen) atoms. The maximum atomic E-state index is 5.90. The van der Waals surface area contributed by atoms with Crippen LogP contribution in [-0.4, -0.2) is 5.38 Å². The predicted octanol–water partition coefficient (Wildman–Crippen LogP) is 4.52. The van der Waals surface area contributed by atoms with Crippen molar-refractivity contribution in [3.63, 3.8) is 0 Å². The molecule has 1 rings (SSSR count). The SMILES string of the molecule is CC(Cl)CC(C)c1ccc(Cl)s1. The molecule has 1 aromatic rings. The molecule has 0 radical (unpaired) electrons. The minimum absolute atomic E-state index is 0.237. The van der Waals surface area contributed by atoms with E-state index in [0.717, 1.165) is 10.8 Å². The Balaban J connectivity index is 2.58. The summed E-state index contributed by atoms with van der Waals surface area (Å²) in [6.45, 7) is 4.20. The Bertz CT molecular complexity index is 242. The first-order valence-corrected chi connectivity index (χ1v) is 5.62. The van der Waals surface area contributed by atoms with Gasteiger partial charge in [-0.1, -0.05) is 18.5 Å². The Labute approximate surface area is 87.5 Å². The quantitative estimate of drug-likeness (QED) is 0.660. The van der Waals surface area contributed by atoms with Crippen LogP contribution >= 0.6 is 34.5 Å². The summed E-state index contributed by atoms with van der Waals surface area (Å²) in [5.74, 6) is 0.523. The van der Waals surface area contributed by atoms with Crippen LogP contribution in [0.25, 0.3) is 0 Å². The molecule has 0 saturated heterocycles. The largest absolute Gasteiger partial charge is 0.128 e. The minimum Gasteiger partial charge on any atom is -0.128 e. The summed E-state index contributed by atoms with van der Waals surface area (Å²) in [5.41, 5.74) is 0. The molecule has 0 spiro atoms. The molecule has 1 aromatic heterocycles. The number of hydrogen-bond acceptors (Lipinski definition) is 1. The Morgan fingerprint density at radius 3 is 2.50 bits per heavy atom. The van der Waals surface area contributed by atoms with Gasteiger partial charge in [0, 0.05) is 10.3 Å². The molecule has 0 aromatic carbocycles. The molecule has 1 heterocycles. The number of halogens is 2. The van der Waals surface area contributed by atoms with Crippen molar-refractivity contribution in [1.82, 2.24) is 0 Å². The highest BCUT2D eigenvalue weighted by Crippen LogP contribution is 2.31. The average Bonchev–Trinajstić information content (AvgIpc) is 2.34. The van der Waals surface area contributed by atoms with Crippen LogP contribution in [0.1, 0.15) is 31.1 Å². The van der Waals surface area contributed by atoms with E-state index in [1.807, 2.05) is 13.0 Å². The number of thiophene rings is 1. The second-order valence-electron chi connectivity index (χ2n) is 3.06. The van der Waals surface area contributed by atoms with E-state index in [2.05, 4.69) is 13.0 Å². The Hall–Kier alpha value is 0.280. The monoisotopic (exact) mass is 222 g/mol. The number of hydrogen-bond donors (Lipinski definition) is 0. The number of alkyl halides is 1. The summed E-state index contributed by atoms with van der Waals surface area (Å²) in [6.07, 6.45) is 1.01. The first-order valence-electron chi connectivity index (χ1n) is 3.99. The van der Waals surface area contributed by atoms with E-state index >= 15 is 0 Å². The third-order valence-electron chi connectivity index (χ3n) is 1.76. The molecule has 0 fully saturated rings. The van der Waals surface area contributed by atoms with E-state index in [1.54, 1.807) is 11.3 Å². The predicted molar refractivity (Wildman–Crippen MR) is 57.7 cm³/mol. The number of rotatable bonds is 3. The molecule has 68 valence electrons. The van der Waals surface area contributed by atoms with Crippen LogP contribution < -0.4 is 0 Å². The lowest BCUT2D eigenvalue weighted by molar-refractivity contribution is 0.681. The smallest absolute Gasteiger partial charge is 0.0931 e. The zero-order chi connectivity index (χ0) is 9.14. The highest BCUT2D eigenvalue weighted by atomic mass is 35.5. The fourth-order valence-electron chi connectivity index (χ4n) is 1.20. The van der Waals surface area contributed by atoms with Crippen molar-refractivity contribution in [1.29, 1.82) is 0 Å². The van der Waals surface area contributed by atoms with Crippen molar-refractivity contribution in [2.75, 3.05) is 0 Å². The Kier molecular flexibility index (Phi) is 3.88. The third-order valence-corrected chi connectivity index (χ3v) is 3.40. The molecule has 0 nitrogen and oxygen atoms in total. The Morgan fingerprint density at radius 1 is 1.42 bits per heavy atom. The molecule has 0 aliphatic rings. The van der Waals surface area contributed by atoms with Crippen molar-refractivity contribution in [3.8, 4) is 0 Å². The van der Waals surface area contributed by atoms with Crippen LogP contribution in [0.3, 0.4) is 0 Å². The van der Waals surface area contributed by atoms with Crippen LogP contribution in [-0.2, 0) is 0 Å². The molecule has 0 aliphatic carbocycles. The standard InChI is InChI=1S/C9H12Cl2S/c1-6(5-7(2)10)8-3-4-9(11)12-8/h3-4,6-7H,5H2,1-2H3. The van der Waals surface area contributed by atoms with Crippen molar-refractivity contribution < 1.29 is 0 Å². The van der Waals surface area contributed by atoms with Gasteiger partial charge in [0.25, 0.3) is 0 Å². The van der Waals surface area contributed by atoms with E-state index in [9.17, 15) is 0 Å². The summed E-state index contributed by atoms with van der Waals surface area (Å²) < 4.78 is 0.860. The summed E-state index contributed by atoms with van der Waals surface area (Å²) in [4.78, 5) is 1.33. The topological polar surface area (TPSA) is 0 Å². The lowest BCUT2D eigenvalue weighted by atomic mass is 10.0. The third kappa shape index (κ3) is 2.96. The zero-order valence-electron chi connectivity index (χ0n) is 7.18. The Morgan fingerprint density at radius 2 is 2.08 bits per heavy atom. The van der Waals surface area contributed by atoms with Crippen LogP contribution in [0.4, 0.5) is 0 Å². The molecule has 2 atom stereocenters. The van der Waals surface area contributed by atoms with E-state index in [1.165, 1.54) is 4.88 Å². The molecule has 0 N–H and O–H groups in total. The van der Waals surface area contributed by atoms with Crippen LogP contribution in [0.15, 0.2) is 12.1 Å². The second kappa shape index (κ2) is 4.50. The second-order valence-corrected chi connectivity index (χ2v) is 5.55. The minimum atomic E-state index is 0.237. The zero-order valence-corrected chi connectivity index (χ0v) is 9.51. The van der Waals surface area contributed by atoms with Crippen molar-refractivity contribution in [3.05, 3.63) is 21.3 Å². The lowest BCUT2D eigenvalue weighted by Gasteiger charge is -2.09. The molecular weight excluding hydrogens is 211 g/mol. The van der Waals surface area contributed by atoms with Crippen molar-refractivity contribution in [2.24, 2.45) is 0 Å². The van der Waals surface area contributed by atoms with Gasteiger partial charge >= 0.3 is 0 Å². The van der Waals surface area contributed by atoms with Gasteiger partial charge in [-0.05, 0) is 31.4 Å². The maximum absolute atomic E-state index is 5.90. The lowest BCUT2D eigenvalue weighted by Crippen LogP contribution is -1.98. The fourth-order valence-corrected chi connectivity index (χ4v) is 2.59. The average molecular weight is 223 g/mol. The van der Waals surface area contributed by atoms with Gasteiger partial charge in [-0.15, -0.1) is 22.9 Å². The van der Waals surface area contributed by atoms with Crippen LogP contribution in [0.2, 0.25) is 4.34 Å². The molecule has 2 unspecified atom stereocenters. The van der Waals surface area contributed by atoms with Gasteiger partial charge in [0.1, 0.15) is 0 Å². The van der Waals surface area contributed by atoms with Gasteiger partial charge in [0.2, 0.25) is 0 Å². The first kappa shape index (κ1) is 10.4. The molecule has 0 amide bonds. The maximum Gasteiger partial charge on any atom is 0.0931 e. The van der Waals surface area contributed by atoms with E-state index in [0.29, 0.717) is 5.92 Å². The van der Waals surface area contributed by atoms with Gasteiger partial charge < -0.3 is 0 Å². The van der Waals surface area contributed by atoms with E-state index in [-0.39, 0.29) is 5.38 Å². The summed E-state index contributed by atoms with van der Waals surface area (Å²) in [5, 5.41) is 0.237.